The molecule has 0 radical (unpaired) electrons. The minimum atomic E-state index is -0.630. The molecular weight excluding hydrogens is 351 g/mol. The Hall–Kier alpha value is 0.530. The number of alkyl halides is 1. The molecule has 0 aliphatic carbocycles. The van der Waals surface area contributed by atoms with E-state index in [4.69, 9.17) is 18.9 Å². The molecule has 0 aromatic rings. The lowest BCUT2D eigenvalue weighted by Gasteiger charge is -2.27. The Bertz CT molecular complexity index is 277. The SMILES string of the molecule is CC1(C)OC[C@H]([C@@H](O)[C@H](I)[C@H]2COC(C)(C)O2)O1. The molecule has 4 atom stereocenters. The lowest BCUT2D eigenvalue weighted by atomic mass is 10.1. The summed E-state index contributed by atoms with van der Waals surface area (Å²) in [4.78, 5) is 0. The van der Waals surface area contributed by atoms with Gasteiger partial charge in [-0.05, 0) is 27.7 Å². The van der Waals surface area contributed by atoms with Crippen LogP contribution in [-0.2, 0) is 18.9 Å². The lowest BCUT2D eigenvalue weighted by Crippen LogP contribution is -2.43. The Labute approximate surface area is 121 Å². The van der Waals surface area contributed by atoms with E-state index in [9.17, 15) is 5.11 Å². The third-order valence-corrected chi connectivity index (χ3v) is 4.66. The number of rotatable bonds is 3. The summed E-state index contributed by atoms with van der Waals surface area (Å²) in [7, 11) is 0. The number of ether oxygens (including phenoxy) is 4. The van der Waals surface area contributed by atoms with E-state index in [0.717, 1.165) is 0 Å². The van der Waals surface area contributed by atoms with Gasteiger partial charge in [-0.15, -0.1) is 0 Å². The van der Waals surface area contributed by atoms with Crippen LogP contribution in [-0.4, -0.2) is 52.1 Å². The number of hydrogen-bond donors (Lipinski definition) is 1. The smallest absolute Gasteiger partial charge is 0.163 e. The second-order valence-electron chi connectivity index (χ2n) is 5.67. The van der Waals surface area contributed by atoms with Crippen molar-refractivity contribution < 1.29 is 24.1 Å². The predicted octanol–water partition coefficient (Wildman–Crippen LogP) is 1.45. The zero-order valence-electron chi connectivity index (χ0n) is 11.2. The highest BCUT2D eigenvalue weighted by Gasteiger charge is 2.44. The highest BCUT2D eigenvalue weighted by atomic mass is 127. The molecule has 2 aliphatic heterocycles. The first kappa shape index (κ1) is 14.9. The number of hydrogen-bond acceptors (Lipinski definition) is 5. The second-order valence-corrected chi connectivity index (χ2v) is 7.11. The van der Waals surface area contributed by atoms with Crippen LogP contribution in [0.4, 0.5) is 0 Å². The van der Waals surface area contributed by atoms with Gasteiger partial charge in [0.05, 0.1) is 29.3 Å². The summed E-state index contributed by atoms with van der Waals surface area (Å²) < 4.78 is 22.3. The molecular formula is C12H21IO5. The van der Waals surface area contributed by atoms with E-state index in [1.54, 1.807) is 0 Å². The van der Waals surface area contributed by atoms with E-state index in [1.165, 1.54) is 0 Å². The first-order chi connectivity index (χ1) is 8.20. The Kier molecular flexibility index (Phi) is 4.26. The van der Waals surface area contributed by atoms with E-state index in [-0.39, 0.29) is 16.1 Å². The van der Waals surface area contributed by atoms with Gasteiger partial charge < -0.3 is 24.1 Å². The third kappa shape index (κ3) is 3.34. The van der Waals surface area contributed by atoms with E-state index >= 15 is 0 Å². The first-order valence-electron chi connectivity index (χ1n) is 6.16. The van der Waals surface area contributed by atoms with Crippen LogP contribution >= 0.6 is 22.6 Å². The van der Waals surface area contributed by atoms with Crippen LogP contribution in [0.25, 0.3) is 0 Å². The first-order valence-corrected chi connectivity index (χ1v) is 7.40. The highest BCUT2D eigenvalue weighted by Crippen LogP contribution is 2.32. The fraction of sp³-hybridized carbons (Fsp3) is 1.00. The van der Waals surface area contributed by atoms with Crippen molar-refractivity contribution >= 4 is 22.6 Å². The molecule has 0 unspecified atom stereocenters. The standard InChI is InChI=1S/C12H21IO5/c1-11(2)15-5-7(17-11)9(13)10(14)8-6-16-12(3,4)18-8/h7-10,14H,5-6H2,1-4H3/t7-,8-,9-,10-/m1/s1. The van der Waals surface area contributed by atoms with Crippen LogP contribution in [0, 0.1) is 0 Å². The Balaban J connectivity index is 1.92. The molecule has 106 valence electrons. The molecule has 5 nitrogen and oxygen atoms in total. The van der Waals surface area contributed by atoms with Crippen molar-refractivity contribution in [3.05, 3.63) is 0 Å². The molecule has 2 saturated heterocycles. The largest absolute Gasteiger partial charge is 0.389 e. The summed E-state index contributed by atoms with van der Waals surface area (Å²) in [6.07, 6.45) is -1.06. The summed E-state index contributed by atoms with van der Waals surface area (Å²) in [5.74, 6) is -1.19. The van der Waals surface area contributed by atoms with Crippen molar-refractivity contribution in [3.63, 3.8) is 0 Å². The molecule has 18 heavy (non-hydrogen) atoms. The van der Waals surface area contributed by atoms with Crippen molar-refractivity contribution in [2.24, 2.45) is 0 Å². The molecule has 0 spiro atoms. The summed E-state index contributed by atoms with van der Waals surface area (Å²) in [5, 5.41) is 10.3. The van der Waals surface area contributed by atoms with Crippen molar-refractivity contribution in [1.82, 2.24) is 0 Å². The molecule has 2 heterocycles. The molecule has 0 bridgehead atoms. The molecule has 6 heteroatoms. The molecule has 0 saturated carbocycles. The molecule has 2 aliphatic rings. The predicted molar refractivity (Wildman–Crippen MR) is 73.6 cm³/mol. The topological polar surface area (TPSA) is 57.2 Å². The fourth-order valence-electron chi connectivity index (χ4n) is 2.18. The van der Waals surface area contributed by atoms with Crippen molar-refractivity contribution in [3.8, 4) is 0 Å². The van der Waals surface area contributed by atoms with Gasteiger partial charge >= 0.3 is 0 Å². The van der Waals surface area contributed by atoms with Crippen LogP contribution in [0.3, 0.4) is 0 Å². The average Bonchev–Trinajstić information content (AvgIpc) is 2.79. The van der Waals surface area contributed by atoms with Gasteiger partial charge in [0.15, 0.2) is 11.6 Å². The highest BCUT2D eigenvalue weighted by molar-refractivity contribution is 14.1. The molecule has 0 aromatic heterocycles. The molecule has 2 rings (SSSR count). The average molecular weight is 372 g/mol. The Morgan fingerprint density at radius 1 is 1.00 bits per heavy atom. The third-order valence-electron chi connectivity index (χ3n) is 3.12. The van der Waals surface area contributed by atoms with Gasteiger partial charge in [-0.1, -0.05) is 22.6 Å². The van der Waals surface area contributed by atoms with Gasteiger partial charge in [0, 0.05) is 0 Å². The van der Waals surface area contributed by atoms with Gasteiger partial charge in [0.1, 0.15) is 6.10 Å². The van der Waals surface area contributed by atoms with Gasteiger partial charge in [-0.25, -0.2) is 0 Å². The fourth-order valence-corrected chi connectivity index (χ4v) is 3.00. The Morgan fingerprint density at radius 2 is 1.44 bits per heavy atom. The summed E-state index contributed by atoms with van der Waals surface area (Å²) >= 11 is 2.20. The van der Waals surface area contributed by atoms with Crippen molar-refractivity contribution in [1.29, 1.82) is 0 Å². The summed E-state index contributed by atoms with van der Waals surface area (Å²) in [6.45, 7) is 8.35. The second kappa shape index (κ2) is 5.14. The minimum Gasteiger partial charge on any atom is -0.389 e. The number of aliphatic hydroxyl groups is 1. The number of halogens is 1. The lowest BCUT2D eigenvalue weighted by molar-refractivity contribution is -0.157. The molecule has 1 N–H and O–H groups in total. The molecule has 2 fully saturated rings. The monoisotopic (exact) mass is 372 g/mol. The van der Waals surface area contributed by atoms with E-state index in [2.05, 4.69) is 22.6 Å². The van der Waals surface area contributed by atoms with Crippen molar-refractivity contribution in [2.45, 2.75) is 61.5 Å². The molecule has 0 aromatic carbocycles. The van der Waals surface area contributed by atoms with E-state index in [1.807, 2.05) is 27.7 Å². The minimum absolute atomic E-state index is 0.0909. The van der Waals surface area contributed by atoms with Crippen LogP contribution in [0.1, 0.15) is 27.7 Å². The van der Waals surface area contributed by atoms with Crippen LogP contribution in [0.15, 0.2) is 0 Å². The Morgan fingerprint density at radius 3 is 1.83 bits per heavy atom. The van der Waals surface area contributed by atoms with Crippen LogP contribution in [0.2, 0.25) is 0 Å². The van der Waals surface area contributed by atoms with E-state index in [0.29, 0.717) is 13.2 Å². The zero-order valence-corrected chi connectivity index (χ0v) is 13.3. The normalized spacial score (nSPS) is 37.7. The summed E-state index contributed by atoms with van der Waals surface area (Å²) in [6, 6.07) is 0. The van der Waals surface area contributed by atoms with Gasteiger partial charge in [0.2, 0.25) is 0 Å². The zero-order chi connectivity index (χ0) is 13.6. The maximum Gasteiger partial charge on any atom is 0.163 e. The van der Waals surface area contributed by atoms with Crippen LogP contribution < -0.4 is 0 Å². The van der Waals surface area contributed by atoms with E-state index < -0.39 is 17.7 Å². The quantitative estimate of drug-likeness (QED) is 0.601. The maximum absolute atomic E-state index is 10.3. The van der Waals surface area contributed by atoms with Gasteiger partial charge in [-0.3, -0.25) is 0 Å². The van der Waals surface area contributed by atoms with Gasteiger partial charge in [-0.2, -0.15) is 0 Å². The van der Waals surface area contributed by atoms with Gasteiger partial charge in [0.25, 0.3) is 0 Å². The maximum atomic E-state index is 10.3. The van der Waals surface area contributed by atoms with Crippen LogP contribution in [0.5, 0.6) is 0 Å². The number of aliphatic hydroxyl groups excluding tert-OH is 1. The van der Waals surface area contributed by atoms with Crippen molar-refractivity contribution in [2.75, 3.05) is 13.2 Å². The molecule has 0 amide bonds. The summed E-state index contributed by atoms with van der Waals surface area (Å²) in [5.41, 5.74) is 0.